The van der Waals surface area contributed by atoms with Crippen LogP contribution in [0.15, 0.2) is 41.8 Å². The van der Waals surface area contributed by atoms with Gasteiger partial charge in [-0.2, -0.15) is 4.98 Å². The van der Waals surface area contributed by atoms with Crippen molar-refractivity contribution < 1.29 is 13.2 Å². The zero-order valence-corrected chi connectivity index (χ0v) is 14.8. The first-order chi connectivity index (χ1) is 11.5. The minimum absolute atomic E-state index is 0.191. The highest BCUT2D eigenvalue weighted by molar-refractivity contribution is 7.89. The second-order valence-electron chi connectivity index (χ2n) is 5.04. The van der Waals surface area contributed by atoms with Crippen LogP contribution in [0.4, 0.5) is 5.95 Å². The number of benzene rings is 1. The van der Waals surface area contributed by atoms with Gasteiger partial charge in [0.1, 0.15) is 5.75 Å². The first-order valence-electron chi connectivity index (χ1n) is 7.05. The number of nitrogens with one attached hydrogen (secondary N) is 1. The second-order valence-corrected chi connectivity index (χ2v) is 7.80. The predicted molar refractivity (Wildman–Crippen MR) is 93.9 cm³/mol. The van der Waals surface area contributed by atoms with Crippen molar-refractivity contribution in [2.45, 2.75) is 6.54 Å². The Labute approximate surface area is 144 Å². The summed E-state index contributed by atoms with van der Waals surface area (Å²) in [7, 11) is -1.95. The van der Waals surface area contributed by atoms with Crippen molar-refractivity contribution >= 4 is 27.3 Å². The molecule has 0 radical (unpaired) electrons. The van der Waals surface area contributed by atoms with Gasteiger partial charge in [-0.25, -0.2) is 8.42 Å². The van der Waals surface area contributed by atoms with Crippen molar-refractivity contribution in [2.24, 2.45) is 0 Å². The van der Waals surface area contributed by atoms with E-state index >= 15 is 0 Å². The number of anilines is 1. The van der Waals surface area contributed by atoms with Gasteiger partial charge >= 0.3 is 0 Å². The number of hydrogen-bond donors (Lipinski definition) is 1. The molecule has 2 aromatic heterocycles. The van der Waals surface area contributed by atoms with Crippen LogP contribution >= 0.6 is 11.3 Å². The maximum Gasteiger partial charge on any atom is 0.254 e. The van der Waals surface area contributed by atoms with Crippen molar-refractivity contribution in [2.75, 3.05) is 18.7 Å². The van der Waals surface area contributed by atoms with Crippen LogP contribution in [-0.2, 0) is 16.6 Å². The van der Waals surface area contributed by atoms with Gasteiger partial charge in [-0.1, -0.05) is 18.2 Å². The van der Waals surface area contributed by atoms with Gasteiger partial charge in [0.2, 0.25) is 5.95 Å². The zero-order valence-electron chi connectivity index (χ0n) is 13.1. The average Bonchev–Trinajstić information content (AvgIpc) is 3.22. The summed E-state index contributed by atoms with van der Waals surface area (Å²) < 4.78 is 29.9. The van der Waals surface area contributed by atoms with Gasteiger partial charge in [0, 0.05) is 6.54 Å². The fourth-order valence-electron chi connectivity index (χ4n) is 2.07. The molecule has 0 saturated heterocycles. The average molecular weight is 364 g/mol. The van der Waals surface area contributed by atoms with Gasteiger partial charge in [-0.15, -0.1) is 20.5 Å². The Balaban J connectivity index is 1.85. The number of methoxy groups -OCH3 is 1. The monoisotopic (exact) mass is 364 g/mol. The first-order valence-corrected chi connectivity index (χ1v) is 9.78. The smallest absolute Gasteiger partial charge is 0.254 e. The van der Waals surface area contributed by atoms with Crippen molar-refractivity contribution in [3.05, 3.63) is 47.3 Å². The van der Waals surface area contributed by atoms with E-state index in [9.17, 15) is 8.42 Å². The molecule has 3 aromatic rings. The molecule has 3 rings (SSSR count). The lowest BCUT2D eigenvalue weighted by molar-refractivity contribution is 0.414. The molecule has 0 unspecified atom stereocenters. The Morgan fingerprint density at radius 1 is 1.25 bits per heavy atom. The molecular formula is C15H16N4O3S2. The third kappa shape index (κ3) is 3.57. The van der Waals surface area contributed by atoms with Gasteiger partial charge in [-0.05, 0) is 29.1 Å². The molecule has 0 fully saturated rings. The summed E-state index contributed by atoms with van der Waals surface area (Å²) in [5.74, 6) is 1.34. The molecular weight excluding hydrogens is 348 g/mol. The maximum absolute atomic E-state index is 11.9. The molecule has 9 heteroatoms. The SMILES string of the molecule is COc1ccc(CNc2nc(-c3cccs3)nn2S(C)(=O)=O)cc1. The van der Waals surface area contributed by atoms with Crippen LogP contribution in [0.1, 0.15) is 5.56 Å². The largest absolute Gasteiger partial charge is 0.497 e. The fourth-order valence-corrected chi connectivity index (χ4v) is 3.37. The molecule has 1 N–H and O–H groups in total. The standard InChI is InChI=1S/C15H16N4O3S2/c1-22-12-7-5-11(6-8-12)10-16-15-17-14(13-4-3-9-23-13)18-19(15)24(2,20)21/h3-9H,10H2,1-2H3,(H,16,17,18). The van der Waals surface area contributed by atoms with Gasteiger partial charge in [0.05, 0.1) is 18.2 Å². The van der Waals surface area contributed by atoms with E-state index in [0.717, 1.165) is 26.5 Å². The Morgan fingerprint density at radius 3 is 2.58 bits per heavy atom. The normalized spacial score (nSPS) is 11.4. The van der Waals surface area contributed by atoms with E-state index in [4.69, 9.17) is 4.74 Å². The number of hydrogen-bond acceptors (Lipinski definition) is 7. The van der Waals surface area contributed by atoms with Crippen molar-refractivity contribution in [1.82, 2.24) is 14.2 Å². The summed E-state index contributed by atoms with van der Waals surface area (Å²) in [6.07, 6.45) is 1.10. The van der Waals surface area contributed by atoms with Crippen LogP contribution < -0.4 is 10.1 Å². The number of nitrogens with zero attached hydrogens (tertiary/aromatic N) is 3. The third-order valence-corrected chi connectivity index (χ3v) is 4.99. The Bertz CT molecular complexity index is 916. The van der Waals surface area contributed by atoms with Crippen molar-refractivity contribution in [3.63, 3.8) is 0 Å². The molecule has 0 amide bonds. The minimum atomic E-state index is -3.55. The molecule has 0 atom stereocenters. The highest BCUT2D eigenvalue weighted by atomic mass is 32.2. The van der Waals surface area contributed by atoms with Crippen LogP contribution in [0.25, 0.3) is 10.7 Å². The lowest BCUT2D eigenvalue weighted by atomic mass is 10.2. The second kappa shape index (κ2) is 6.62. The highest BCUT2D eigenvalue weighted by Gasteiger charge is 2.18. The van der Waals surface area contributed by atoms with Crippen LogP contribution in [0.5, 0.6) is 5.75 Å². The van der Waals surface area contributed by atoms with Crippen LogP contribution in [0.2, 0.25) is 0 Å². The predicted octanol–water partition coefficient (Wildman–Crippen LogP) is 2.44. The number of thiophene rings is 1. The number of aromatic nitrogens is 3. The molecule has 0 bridgehead atoms. The molecule has 0 aliphatic carbocycles. The summed E-state index contributed by atoms with van der Waals surface area (Å²) in [5.41, 5.74) is 0.969. The summed E-state index contributed by atoms with van der Waals surface area (Å²) in [6, 6.07) is 11.2. The van der Waals surface area contributed by atoms with E-state index < -0.39 is 10.0 Å². The fraction of sp³-hybridized carbons (Fsp3) is 0.200. The Hall–Kier alpha value is -2.39. The van der Waals surface area contributed by atoms with E-state index in [1.165, 1.54) is 11.3 Å². The molecule has 0 spiro atoms. The summed E-state index contributed by atoms with van der Waals surface area (Å²) >= 11 is 1.45. The quantitative estimate of drug-likeness (QED) is 0.723. The molecule has 0 aliphatic rings. The topological polar surface area (TPSA) is 86.1 Å². The zero-order chi connectivity index (χ0) is 17.2. The van der Waals surface area contributed by atoms with E-state index in [1.807, 2.05) is 41.8 Å². The summed E-state index contributed by atoms with van der Waals surface area (Å²) in [4.78, 5) is 5.13. The van der Waals surface area contributed by atoms with E-state index in [2.05, 4.69) is 15.4 Å². The minimum Gasteiger partial charge on any atom is -0.497 e. The lowest BCUT2D eigenvalue weighted by Gasteiger charge is -2.07. The third-order valence-electron chi connectivity index (χ3n) is 3.24. The molecule has 2 heterocycles. The summed E-state index contributed by atoms with van der Waals surface area (Å²) in [6.45, 7) is 0.419. The van der Waals surface area contributed by atoms with Crippen LogP contribution in [0, 0.1) is 0 Å². The molecule has 1 aromatic carbocycles. The van der Waals surface area contributed by atoms with Gasteiger partial charge < -0.3 is 10.1 Å². The molecule has 0 aliphatic heterocycles. The maximum atomic E-state index is 11.9. The van der Waals surface area contributed by atoms with Crippen LogP contribution in [-0.4, -0.2) is 36.0 Å². The highest BCUT2D eigenvalue weighted by Crippen LogP contribution is 2.23. The summed E-state index contributed by atoms with van der Waals surface area (Å²) in [5, 5.41) is 9.03. The van der Waals surface area contributed by atoms with E-state index in [-0.39, 0.29) is 5.95 Å². The lowest BCUT2D eigenvalue weighted by Crippen LogP contribution is -2.16. The van der Waals surface area contributed by atoms with Crippen molar-refractivity contribution in [3.8, 4) is 16.5 Å². The molecule has 7 nitrogen and oxygen atoms in total. The van der Waals surface area contributed by atoms with E-state index in [1.54, 1.807) is 7.11 Å². The number of ether oxygens (including phenoxy) is 1. The van der Waals surface area contributed by atoms with Gasteiger partial charge in [-0.3, -0.25) is 0 Å². The molecule has 24 heavy (non-hydrogen) atoms. The van der Waals surface area contributed by atoms with E-state index in [0.29, 0.717) is 12.4 Å². The molecule has 0 saturated carbocycles. The number of rotatable bonds is 6. The van der Waals surface area contributed by atoms with Crippen LogP contribution in [0.3, 0.4) is 0 Å². The Kier molecular flexibility index (Phi) is 4.54. The van der Waals surface area contributed by atoms with Crippen molar-refractivity contribution in [1.29, 1.82) is 0 Å². The first kappa shape index (κ1) is 16.5. The molecule has 126 valence electrons. The Morgan fingerprint density at radius 2 is 2.00 bits per heavy atom. The van der Waals surface area contributed by atoms with Gasteiger partial charge in [0.15, 0.2) is 5.82 Å². The van der Waals surface area contributed by atoms with Gasteiger partial charge in [0.25, 0.3) is 10.0 Å².